The first kappa shape index (κ1) is 20.4. The van der Waals surface area contributed by atoms with Crippen molar-refractivity contribution in [2.24, 2.45) is 5.73 Å². The van der Waals surface area contributed by atoms with Crippen LogP contribution in [0.25, 0.3) is 0 Å². The number of hydrogen-bond acceptors (Lipinski definition) is 4. The molecule has 5 N–H and O–H groups in total. The highest BCUT2D eigenvalue weighted by Gasteiger charge is 2.25. The van der Waals surface area contributed by atoms with Gasteiger partial charge in [-0.15, -0.1) is 0 Å². The van der Waals surface area contributed by atoms with Crippen molar-refractivity contribution in [3.8, 4) is 0 Å². The van der Waals surface area contributed by atoms with Crippen LogP contribution >= 0.6 is 12.2 Å². The molecular formula is C19H22F3N5S. The molecule has 28 heavy (non-hydrogen) atoms. The maximum Gasteiger partial charge on any atom is 0.178 e. The monoisotopic (exact) mass is 409 g/mol. The van der Waals surface area contributed by atoms with Crippen molar-refractivity contribution in [1.82, 2.24) is 16.2 Å². The van der Waals surface area contributed by atoms with Gasteiger partial charge in [-0.05, 0) is 42.4 Å². The fourth-order valence-corrected chi connectivity index (χ4v) is 3.31. The van der Waals surface area contributed by atoms with Gasteiger partial charge in [0.05, 0.1) is 5.69 Å². The first-order valence-corrected chi connectivity index (χ1v) is 9.32. The van der Waals surface area contributed by atoms with E-state index in [2.05, 4.69) is 28.4 Å². The lowest BCUT2D eigenvalue weighted by molar-refractivity contribution is 0.545. The average molecular weight is 409 g/mol. The van der Waals surface area contributed by atoms with Gasteiger partial charge in [-0.2, -0.15) is 0 Å². The summed E-state index contributed by atoms with van der Waals surface area (Å²) in [5.41, 5.74) is 11.6. The number of hydrogen-bond donors (Lipinski definition) is 4. The molecule has 0 spiro atoms. The van der Waals surface area contributed by atoms with E-state index in [1.807, 2.05) is 11.0 Å². The van der Waals surface area contributed by atoms with Crippen LogP contribution < -0.4 is 26.8 Å². The predicted molar refractivity (Wildman–Crippen MR) is 107 cm³/mol. The molecule has 0 radical (unpaired) electrons. The lowest BCUT2D eigenvalue weighted by atomic mass is 10.1. The molecule has 0 unspecified atom stereocenters. The Hall–Kier alpha value is -2.36. The van der Waals surface area contributed by atoms with Gasteiger partial charge in [0.15, 0.2) is 5.11 Å². The molecule has 1 aliphatic rings. The summed E-state index contributed by atoms with van der Waals surface area (Å²) in [6.07, 6.45) is 0.789. The third-order valence-electron chi connectivity index (χ3n) is 4.62. The minimum absolute atomic E-state index is 0.0198. The second-order valence-corrected chi connectivity index (χ2v) is 7.12. The summed E-state index contributed by atoms with van der Waals surface area (Å²) in [7, 11) is 0. The van der Waals surface area contributed by atoms with Crippen LogP contribution in [0.3, 0.4) is 0 Å². The van der Waals surface area contributed by atoms with Crippen molar-refractivity contribution >= 4 is 23.0 Å². The van der Waals surface area contributed by atoms with E-state index in [1.54, 1.807) is 6.07 Å². The van der Waals surface area contributed by atoms with Crippen LogP contribution in [0.5, 0.6) is 0 Å². The maximum absolute atomic E-state index is 14.5. The normalized spacial score (nSPS) is 16.4. The minimum atomic E-state index is -0.509. The Bertz CT molecular complexity index is 848. The van der Waals surface area contributed by atoms with Crippen LogP contribution in [-0.2, 0) is 13.1 Å². The number of nitrogens with zero attached hydrogens (tertiary/aromatic N) is 1. The van der Waals surface area contributed by atoms with Gasteiger partial charge >= 0.3 is 0 Å². The molecule has 5 nitrogen and oxygen atoms in total. The lowest BCUT2D eigenvalue weighted by Gasteiger charge is -2.21. The van der Waals surface area contributed by atoms with Gasteiger partial charge in [0, 0.05) is 43.9 Å². The van der Waals surface area contributed by atoms with Crippen molar-refractivity contribution < 1.29 is 13.2 Å². The highest BCUT2D eigenvalue weighted by molar-refractivity contribution is 7.80. The highest BCUT2D eigenvalue weighted by Crippen LogP contribution is 2.26. The van der Waals surface area contributed by atoms with Crippen molar-refractivity contribution in [1.29, 1.82) is 0 Å². The highest BCUT2D eigenvalue weighted by atomic mass is 32.1. The van der Waals surface area contributed by atoms with Crippen LogP contribution in [0, 0.1) is 17.5 Å². The molecule has 2 aromatic carbocycles. The van der Waals surface area contributed by atoms with E-state index in [0.29, 0.717) is 19.6 Å². The molecule has 9 heteroatoms. The molecule has 0 saturated carbocycles. The zero-order valence-corrected chi connectivity index (χ0v) is 16.0. The first-order valence-electron chi connectivity index (χ1n) is 8.91. The second-order valence-electron chi connectivity index (χ2n) is 6.68. The van der Waals surface area contributed by atoms with E-state index in [1.165, 1.54) is 24.3 Å². The summed E-state index contributed by atoms with van der Waals surface area (Å²) >= 11 is 4.64. The Morgan fingerprint density at radius 1 is 1.14 bits per heavy atom. The number of thiocarbonyl (C=S) groups is 1. The summed E-state index contributed by atoms with van der Waals surface area (Å²) in [5, 5.41) is 3.36. The van der Waals surface area contributed by atoms with Gasteiger partial charge in [-0.25, -0.2) is 18.6 Å². The fraction of sp³-hybridized carbons (Fsp3) is 0.316. The number of benzene rings is 2. The van der Waals surface area contributed by atoms with Gasteiger partial charge in [0.25, 0.3) is 0 Å². The molecule has 0 aromatic heterocycles. The van der Waals surface area contributed by atoms with Crippen molar-refractivity contribution in [2.45, 2.75) is 25.6 Å². The molecule has 1 fully saturated rings. The smallest absolute Gasteiger partial charge is 0.178 e. The SMILES string of the molecule is NC(=S)NNCc1cc(F)c(N2CC[C@@H](NCc3cccc(F)c3)C2)cc1F. The van der Waals surface area contributed by atoms with E-state index in [9.17, 15) is 13.2 Å². The summed E-state index contributed by atoms with van der Waals surface area (Å²) < 4.78 is 42.1. The Labute approximate surface area is 167 Å². The molecule has 1 saturated heterocycles. The Morgan fingerprint density at radius 2 is 1.96 bits per heavy atom. The first-order chi connectivity index (χ1) is 13.4. The zero-order valence-electron chi connectivity index (χ0n) is 15.1. The average Bonchev–Trinajstić information content (AvgIpc) is 3.11. The third kappa shape index (κ3) is 5.34. The topological polar surface area (TPSA) is 65.3 Å². The molecule has 1 atom stereocenters. The van der Waals surface area contributed by atoms with E-state index in [4.69, 9.17) is 5.73 Å². The van der Waals surface area contributed by atoms with Crippen LogP contribution in [0.1, 0.15) is 17.5 Å². The Balaban J connectivity index is 1.58. The zero-order chi connectivity index (χ0) is 20.1. The number of halogens is 3. The van der Waals surface area contributed by atoms with Gasteiger partial charge in [-0.3, -0.25) is 5.43 Å². The van der Waals surface area contributed by atoms with Crippen LogP contribution in [0.4, 0.5) is 18.9 Å². The molecular weight excluding hydrogens is 387 g/mol. The van der Waals surface area contributed by atoms with Crippen LogP contribution in [0.15, 0.2) is 36.4 Å². The molecule has 0 aliphatic carbocycles. The van der Waals surface area contributed by atoms with Crippen molar-refractivity contribution in [2.75, 3.05) is 18.0 Å². The van der Waals surface area contributed by atoms with E-state index in [-0.39, 0.29) is 34.8 Å². The van der Waals surface area contributed by atoms with Gasteiger partial charge < -0.3 is 16.0 Å². The van der Waals surface area contributed by atoms with Crippen LogP contribution in [-0.4, -0.2) is 24.2 Å². The molecule has 0 amide bonds. The number of nitrogens with two attached hydrogens (primary N) is 1. The van der Waals surface area contributed by atoms with Gasteiger partial charge in [-0.1, -0.05) is 12.1 Å². The quantitative estimate of drug-likeness (QED) is 0.416. The fourth-order valence-electron chi connectivity index (χ4n) is 3.24. The molecule has 0 bridgehead atoms. The van der Waals surface area contributed by atoms with E-state index >= 15 is 0 Å². The standard InChI is InChI=1S/C19H22F3N5S/c20-14-3-1-2-12(6-14)9-24-15-4-5-27(11-15)18-8-16(21)13(7-17(18)22)10-25-26-19(23)28/h1-3,6-8,15,24-25H,4-5,9-11H2,(H3,23,26,28)/t15-/m1/s1. The maximum atomic E-state index is 14.5. The van der Waals surface area contributed by atoms with E-state index < -0.39 is 11.6 Å². The van der Waals surface area contributed by atoms with Crippen molar-refractivity contribution in [3.63, 3.8) is 0 Å². The number of anilines is 1. The molecule has 3 rings (SSSR count). The molecule has 1 aliphatic heterocycles. The minimum Gasteiger partial charge on any atom is -0.375 e. The van der Waals surface area contributed by atoms with Crippen molar-refractivity contribution in [3.05, 3.63) is 65.0 Å². The Morgan fingerprint density at radius 3 is 2.71 bits per heavy atom. The third-order valence-corrected chi connectivity index (χ3v) is 4.72. The number of hydrazine groups is 1. The summed E-state index contributed by atoms with van der Waals surface area (Å²) in [4.78, 5) is 1.81. The summed E-state index contributed by atoms with van der Waals surface area (Å²) in [5.74, 6) is -1.27. The Kier molecular flexibility index (Phi) is 6.71. The van der Waals surface area contributed by atoms with E-state index in [0.717, 1.165) is 12.0 Å². The second kappa shape index (κ2) is 9.22. The summed E-state index contributed by atoms with van der Waals surface area (Å²) in [6.45, 7) is 1.72. The predicted octanol–water partition coefficient (Wildman–Crippen LogP) is 2.31. The van der Waals surface area contributed by atoms with Gasteiger partial charge in [0.2, 0.25) is 0 Å². The molecule has 2 aromatic rings. The number of nitrogens with one attached hydrogen (secondary N) is 3. The molecule has 150 valence electrons. The largest absolute Gasteiger partial charge is 0.375 e. The van der Waals surface area contributed by atoms with Gasteiger partial charge in [0.1, 0.15) is 17.5 Å². The molecule has 1 heterocycles. The summed E-state index contributed by atoms with van der Waals surface area (Å²) in [6, 6.07) is 8.89. The van der Waals surface area contributed by atoms with Crippen LogP contribution in [0.2, 0.25) is 0 Å². The number of rotatable bonds is 7. The lowest BCUT2D eigenvalue weighted by Crippen LogP contribution is -2.40.